The second kappa shape index (κ2) is 24.4. The summed E-state index contributed by atoms with van der Waals surface area (Å²) < 4.78 is 0. The minimum atomic E-state index is 0. The van der Waals surface area contributed by atoms with Gasteiger partial charge in [0.1, 0.15) is 0 Å². The maximum Gasteiger partial charge on any atom is 3.00 e. The van der Waals surface area contributed by atoms with Crippen molar-refractivity contribution in [1.82, 2.24) is 49.7 Å². The number of nitriles is 1. The van der Waals surface area contributed by atoms with E-state index in [4.69, 9.17) is 5.26 Å². The SMILES string of the molecule is CC#N.[I-].[I-].[I-].[La+3].c1cnc(CN(Cc2cnccn2)[C@H]2CCCC[C@@H]2N(Cc2cnccn2)Cc2cnccn2)cn1. The first-order valence-electron chi connectivity index (χ1n) is 13.0. The molecule has 0 bridgehead atoms. The van der Waals surface area contributed by atoms with Crippen molar-refractivity contribution in [2.24, 2.45) is 0 Å². The van der Waals surface area contributed by atoms with Gasteiger partial charge in [0, 0.05) is 120 Å². The van der Waals surface area contributed by atoms with Crippen LogP contribution >= 0.6 is 0 Å². The van der Waals surface area contributed by atoms with Gasteiger partial charge in [-0.05, 0) is 12.8 Å². The molecule has 0 aromatic carbocycles. The van der Waals surface area contributed by atoms with Crippen LogP contribution < -0.4 is 71.9 Å². The van der Waals surface area contributed by atoms with Gasteiger partial charge in [0.05, 0.1) is 28.8 Å². The number of hydrogen-bond donors (Lipinski definition) is 0. The Kier molecular flexibility index (Phi) is 23.9. The van der Waals surface area contributed by atoms with Crippen LogP contribution in [0, 0.1) is 46.9 Å². The fourth-order valence-electron chi connectivity index (χ4n) is 5.00. The first-order chi connectivity index (χ1) is 19.3. The van der Waals surface area contributed by atoms with Gasteiger partial charge in [0.2, 0.25) is 0 Å². The molecule has 5 rings (SSSR count). The number of halogens is 3. The zero-order valence-corrected chi connectivity index (χ0v) is 34.0. The van der Waals surface area contributed by atoms with Crippen LogP contribution in [0.4, 0.5) is 0 Å². The van der Waals surface area contributed by atoms with Crippen LogP contribution in [0.1, 0.15) is 55.4 Å². The van der Waals surface area contributed by atoms with Crippen molar-refractivity contribution in [3.05, 3.63) is 97.1 Å². The molecule has 4 aromatic heterocycles. The van der Waals surface area contributed by atoms with Gasteiger partial charge < -0.3 is 71.9 Å². The Morgan fingerprint density at radius 1 is 0.581 bits per heavy atom. The van der Waals surface area contributed by atoms with Crippen molar-refractivity contribution in [3.63, 3.8) is 0 Å². The summed E-state index contributed by atoms with van der Waals surface area (Å²) in [4.78, 5) is 40.4. The second-order valence-corrected chi connectivity index (χ2v) is 9.24. The number of nitrogens with zero attached hydrogens (tertiary/aromatic N) is 11. The Labute approximate surface area is 332 Å². The molecule has 43 heavy (non-hydrogen) atoms. The third kappa shape index (κ3) is 14.4. The maximum absolute atomic E-state index is 7.32. The van der Waals surface area contributed by atoms with Crippen molar-refractivity contribution in [1.29, 1.82) is 5.26 Å². The van der Waals surface area contributed by atoms with Crippen LogP contribution in [-0.4, -0.2) is 61.8 Å². The largest absolute Gasteiger partial charge is 3.00 e. The van der Waals surface area contributed by atoms with Crippen LogP contribution in [0.25, 0.3) is 0 Å². The maximum atomic E-state index is 7.32. The van der Waals surface area contributed by atoms with Gasteiger partial charge in [-0.15, -0.1) is 0 Å². The van der Waals surface area contributed by atoms with Gasteiger partial charge >= 0.3 is 35.6 Å². The van der Waals surface area contributed by atoms with Crippen LogP contribution in [0.2, 0.25) is 0 Å². The van der Waals surface area contributed by atoms with E-state index >= 15 is 0 Å². The first-order valence-corrected chi connectivity index (χ1v) is 13.0. The van der Waals surface area contributed by atoms with Crippen LogP contribution in [0.5, 0.6) is 0 Å². The zero-order chi connectivity index (χ0) is 27.1. The quantitative estimate of drug-likeness (QED) is 0.141. The van der Waals surface area contributed by atoms with E-state index in [9.17, 15) is 0 Å². The minimum absolute atomic E-state index is 0. The molecule has 4 heterocycles. The summed E-state index contributed by atoms with van der Waals surface area (Å²) in [5.41, 5.74) is 3.78. The molecule has 224 valence electrons. The van der Waals surface area contributed by atoms with E-state index in [-0.39, 0.29) is 120 Å². The van der Waals surface area contributed by atoms with E-state index < -0.39 is 0 Å². The number of rotatable bonds is 10. The molecule has 0 radical (unpaired) electrons. The molecule has 4 aromatic rings. The monoisotopic (exact) mass is 1040 g/mol. The molecule has 2 atom stereocenters. The standard InChI is InChI=1S/C26H30N10.C2H3N.3HI.La/c1-2-4-26(36(19-23-15-29-7-11-33-23)20-24-16-30-8-12-34-24)25(3-1)35(17-21-13-27-5-9-31-21)18-22-14-28-6-10-32-22;1-2-3;;;;/h5-16,25-26H,1-4,17-20H2;1H3;3*1H;/q;;;;;+3/p-3/t25-,26-;;;;;/m0...../s1. The van der Waals surface area contributed by atoms with E-state index in [1.54, 1.807) is 55.6 Å². The smallest absolute Gasteiger partial charge is 1.00 e. The van der Waals surface area contributed by atoms with Gasteiger partial charge in [0.25, 0.3) is 0 Å². The average molecular weight is 1040 g/mol. The molecule has 0 spiro atoms. The van der Waals surface area contributed by atoms with Crippen molar-refractivity contribution < 1.29 is 108 Å². The van der Waals surface area contributed by atoms with Crippen molar-refractivity contribution in [2.45, 2.75) is 70.9 Å². The Balaban J connectivity index is 0.00000242. The summed E-state index contributed by atoms with van der Waals surface area (Å²) in [6.07, 6.45) is 25.8. The average Bonchev–Trinajstić information content (AvgIpc) is 2.99. The summed E-state index contributed by atoms with van der Waals surface area (Å²) in [6.45, 7) is 4.19. The molecule has 0 saturated heterocycles. The number of hydrogen-bond acceptors (Lipinski definition) is 11. The van der Waals surface area contributed by atoms with E-state index in [1.807, 2.05) is 24.8 Å². The third-order valence-electron chi connectivity index (χ3n) is 6.56. The van der Waals surface area contributed by atoms with Gasteiger partial charge in [-0.3, -0.25) is 49.7 Å². The first kappa shape index (κ1) is 42.1. The molecule has 15 heteroatoms. The van der Waals surface area contributed by atoms with Gasteiger partial charge in [0.15, 0.2) is 0 Å². The molecule has 0 N–H and O–H groups in total. The van der Waals surface area contributed by atoms with Crippen LogP contribution in [0.3, 0.4) is 0 Å². The summed E-state index contributed by atoms with van der Waals surface area (Å²) in [6, 6.07) is 2.33. The Morgan fingerprint density at radius 2 is 0.837 bits per heavy atom. The minimum Gasteiger partial charge on any atom is -1.00 e. The van der Waals surface area contributed by atoms with E-state index in [2.05, 4.69) is 49.7 Å². The van der Waals surface area contributed by atoms with Gasteiger partial charge in [-0.1, -0.05) is 12.8 Å². The van der Waals surface area contributed by atoms with E-state index in [0.717, 1.165) is 35.6 Å². The van der Waals surface area contributed by atoms with E-state index in [1.165, 1.54) is 19.8 Å². The molecule has 0 aliphatic heterocycles. The summed E-state index contributed by atoms with van der Waals surface area (Å²) in [5.74, 6) is 0. The summed E-state index contributed by atoms with van der Waals surface area (Å²) >= 11 is 0. The summed E-state index contributed by atoms with van der Waals surface area (Å²) in [5, 5.41) is 7.32. The Morgan fingerprint density at radius 3 is 1.05 bits per heavy atom. The van der Waals surface area contributed by atoms with Gasteiger partial charge in [-0.25, -0.2) is 0 Å². The van der Waals surface area contributed by atoms with Crippen molar-refractivity contribution in [2.75, 3.05) is 0 Å². The third-order valence-corrected chi connectivity index (χ3v) is 6.56. The van der Waals surface area contributed by atoms with Crippen LogP contribution in [-0.2, 0) is 26.2 Å². The molecular weight excluding hydrogens is 1010 g/mol. The fraction of sp³-hybridized carbons (Fsp3) is 0.393. The molecule has 0 amide bonds. The summed E-state index contributed by atoms with van der Waals surface area (Å²) in [7, 11) is 0. The topological polar surface area (TPSA) is 133 Å². The van der Waals surface area contributed by atoms with E-state index in [0.29, 0.717) is 26.2 Å². The Hall–Kier alpha value is -0.885. The van der Waals surface area contributed by atoms with Crippen molar-refractivity contribution in [3.8, 4) is 6.07 Å². The molecule has 1 aliphatic carbocycles. The normalized spacial score (nSPS) is 15.2. The predicted molar refractivity (Wildman–Crippen MR) is 144 cm³/mol. The van der Waals surface area contributed by atoms with Crippen molar-refractivity contribution >= 4 is 0 Å². The molecule has 1 saturated carbocycles. The molecular formula is C28H33I3LaN11. The predicted octanol–water partition coefficient (Wildman–Crippen LogP) is -5.60. The molecule has 1 fully saturated rings. The second-order valence-electron chi connectivity index (χ2n) is 9.24. The molecule has 1 aliphatic rings. The Bertz CT molecular complexity index is 1100. The number of aromatic nitrogens is 8. The molecule has 0 unspecified atom stereocenters. The van der Waals surface area contributed by atoms with Crippen LogP contribution in [0.15, 0.2) is 74.4 Å². The van der Waals surface area contributed by atoms with Gasteiger partial charge in [-0.2, -0.15) is 5.26 Å². The fourth-order valence-corrected chi connectivity index (χ4v) is 5.00. The molecule has 11 nitrogen and oxygen atoms in total. The zero-order valence-electron chi connectivity index (χ0n) is 23.9.